The van der Waals surface area contributed by atoms with Crippen LogP contribution in [0.2, 0.25) is 0 Å². The van der Waals surface area contributed by atoms with Crippen LogP contribution in [-0.2, 0) is 19.1 Å². The van der Waals surface area contributed by atoms with Gasteiger partial charge < -0.3 is 9.47 Å². The lowest BCUT2D eigenvalue weighted by Crippen LogP contribution is -2.25. The van der Waals surface area contributed by atoms with Gasteiger partial charge in [-0.3, -0.25) is 9.59 Å². The summed E-state index contributed by atoms with van der Waals surface area (Å²) in [6.45, 7) is 9.11. The quantitative estimate of drug-likeness (QED) is 0.300. The Kier molecular flexibility index (Phi) is 14.8. The summed E-state index contributed by atoms with van der Waals surface area (Å²) in [5.41, 5.74) is 0. The van der Waals surface area contributed by atoms with Gasteiger partial charge in [0.15, 0.2) is 0 Å². The van der Waals surface area contributed by atoms with Crippen LogP contribution in [0.25, 0.3) is 0 Å². The third-order valence-electron chi connectivity index (χ3n) is 4.33. The molecule has 0 aliphatic carbocycles. The Balaban J connectivity index is 3.91. The van der Waals surface area contributed by atoms with Crippen molar-refractivity contribution in [2.45, 2.75) is 91.9 Å². The van der Waals surface area contributed by atoms with E-state index in [-0.39, 0.29) is 17.9 Å². The molecule has 0 rings (SSSR count). The molecule has 0 aliphatic rings. The Morgan fingerprint density at radius 3 is 1.46 bits per heavy atom. The van der Waals surface area contributed by atoms with E-state index in [9.17, 15) is 9.59 Å². The molecule has 0 aliphatic heterocycles. The first-order valence-corrected chi connectivity index (χ1v) is 9.82. The van der Waals surface area contributed by atoms with Gasteiger partial charge in [0.05, 0.1) is 13.2 Å². The van der Waals surface area contributed by atoms with E-state index >= 15 is 0 Å². The molecule has 0 aromatic rings. The number of hydrogen-bond acceptors (Lipinski definition) is 4. The van der Waals surface area contributed by atoms with E-state index in [1.807, 2.05) is 0 Å². The highest BCUT2D eigenvalue weighted by Gasteiger charge is 2.18. The molecule has 142 valence electrons. The molecule has 0 atom stereocenters. The van der Waals surface area contributed by atoms with Crippen molar-refractivity contribution >= 4 is 11.9 Å². The van der Waals surface area contributed by atoms with Gasteiger partial charge in [0.2, 0.25) is 0 Å². The minimum absolute atomic E-state index is 0.0733. The van der Waals surface area contributed by atoms with Crippen LogP contribution < -0.4 is 0 Å². The smallest absolute Gasteiger partial charge is 0.305 e. The molecule has 0 fully saturated rings. The normalized spacial score (nSPS) is 11.1. The molecular formula is C20H38O4. The van der Waals surface area contributed by atoms with E-state index in [4.69, 9.17) is 9.47 Å². The van der Waals surface area contributed by atoms with Gasteiger partial charge in [0.25, 0.3) is 0 Å². The van der Waals surface area contributed by atoms with Gasteiger partial charge in [-0.1, -0.05) is 66.2 Å². The van der Waals surface area contributed by atoms with Crippen LogP contribution in [0.3, 0.4) is 0 Å². The molecule has 0 amide bonds. The van der Waals surface area contributed by atoms with E-state index in [0.29, 0.717) is 32.0 Å². The SMILES string of the molecule is CCCCCCC(=O)OCC(COC(=O)CCCCCC)C(C)C. The summed E-state index contributed by atoms with van der Waals surface area (Å²) in [6, 6.07) is 0. The number of ether oxygens (including phenoxy) is 2. The molecule has 24 heavy (non-hydrogen) atoms. The van der Waals surface area contributed by atoms with Gasteiger partial charge in [0.1, 0.15) is 0 Å². The van der Waals surface area contributed by atoms with Crippen molar-refractivity contribution in [1.29, 1.82) is 0 Å². The highest BCUT2D eigenvalue weighted by molar-refractivity contribution is 5.69. The predicted octanol–water partition coefficient (Wildman–Crippen LogP) is 5.29. The molecule has 0 aromatic carbocycles. The fourth-order valence-corrected chi connectivity index (χ4v) is 2.37. The molecule has 4 nitrogen and oxygen atoms in total. The monoisotopic (exact) mass is 342 g/mol. The minimum Gasteiger partial charge on any atom is -0.465 e. The van der Waals surface area contributed by atoms with Crippen LogP contribution in [0.4, 0.5) is 0 Å². The first kappa shape index (κ1) is 22.9. The predicted molar refractivity (Wildman–Crippen MR) is 97.8 cm³/mol. The van der Waals surface area contributed by atoms with Crippen LogP contribution in [0.5, 0.6) is 0 Å². The average molecular weight is 343 g/mol. The lowest BCUT2D eigenvalue weighted by atomic mass is 9.98. The molecule has 0 spiro atoms. The molecule has 4 heteroatoms. The number of carbonyl (C=O) groups excluding carboxylic acids is 2. The molecular weight excluding hydrogens is 304 g/mol. The second kappa shape index (κ2) is 15.5. The van der Waals surface area contributed by atoms with E-state index in [2.05, 4.69) is 27.7 Å². The summed E-state index contributed by atoms with van der Waals surface area (Å²) in [5.74, 6) is 0.111. The lowest BCUT2D eigenvalue weighted by Gasteiger charge is -2.20. The zero-order valence-corrected chi connectivity index (χ0v) is 16.3. The van der Waals surface area contributed by atoms with Crippen LogP contribution >= 0.6 is 0 Å². The summed E-state index contributed by atoms with van der Waals surface area (Å²) in [7, 11) is 0. The first-order chi connectivity index (χ1) is 11.5. The van der Waals surface area contributed by atoms with Gasteiger partial charge in [-0.25, -0.2) is 0 Å². The fraction of sp³-hybridized carbons (Fsp3) is 0.900. The molecule has 0 N–H and O–H groups in total. The van der Waals surface area contributed by atoms with Crippen molar-refractivity contribution in [2.75, 3.05) is 13.2 Å². The van der Waals surface area contributed by atoms with Gasteiger partial charge in [-0.15, -0.1) is 0 Å². The molecule has 0 aromatic heterocycles. The van der Waals surface area contributed by atoms with Gasteiger partial charge >= 0.3 is 11.9 Å². The molecule has 0 radical (unpaired) electrons. The number of carbonyl (C=O) groups is 2. The van der Waals surface area contributed by atoms with Crippen LogP contribution in [0, 0.1) is 11.8 Å². The lowest BCUT2D eigenvalue weighted by molar-refractivity contribution is -0.150. The maximum Gasteiger partial charge on any atom is 0.305 e. The Labute approximate surface area is 148 Å². The summed E-state index contributed by atoms with van der Waals surface area (Å²) in [6.07, 6.45) is 9.57. The summed E-state index contributed by atoms with van der Waals surface area (Å²) in [5, 5.41) is 0. The van der Waals surface area contributed by atoms with Crippen molar-refractivity contribution in [2.24, 2.45) is 11.8 Å². The molecule has 0 heterocycles. The summed E-state index contributed by atoms with van der Waals surface area (Å²) in [4.78, 5) is 23.5. The number of esters is 2. The first-order valence-electron chi connectivity index (χ1n) is 9.82. The standard InChI is InChI=1S/C20H38O4/c1-5-7-9-11-13-19(21)23-15-18(17(3)4)16-24-20(22)14-12-10-8-6-2/h17-18H,5-16H2,1-4H3. The van der Waals surface area contributed by atoms with E-state index < -0.39 is 0 Å². The number of hydrogen-bond donors (Lipinski definition) is 0. The third-order valence-corrected chi connectivity index (χ3v) is 4.33. The summed E-state index contributed by atoms with van der Waals surface area (Å²) >= 11 is 0. The zero-order valence-electron chi connectivity index (χ0n) is 16.3. The third kappa shape index (κ3) is 13.4. The topological polar surface area (TPSA) is 52.6 Å². The second-order valence-corrected chi connectivity index (χ2v) is 6.99. The van der Waals surface area contributed by atoms with Crippen molar-refractivity contribution in [1.82, 2.24) is 0 Å². The molecule has 0 saturated heterocycles. The van der Waals surface area contributed by atoms with Crippen LogP contribution in [0.1, 0.15) is 91.9 Å². The van der Waals surface area contributed by atoms with Crippen LogP contribution in [-0.4, -0.2) is 25.2 Å². The van der Waals surface area contributed by atoms with Gasteiger partial charge in [-0.2, -0.15) is 0 Å². The maximum atomic E-state index is 11.7. The van der Waals surface area contributed by atoms with Crippen molar-refractivity contribution in [3.63, 3.8) is 0 Å². The fourth-order valence-electron chi connectivity index (χ4n) is 2.37. The Bertz CT molecular complexity index is 298. The molecule has 0 unspecified atom stereocenters. The van der Waals surface area contributed by atoms with E-state index in [1.165, 1.54) is 0 Å². The average Bonchev–Trinajstić information content (AvgIpc) is 2.55. The Morgan fingerprint density at radius 1 is 0.708 bits per heavy atom. The largest absolute Gasteiger partial charge is 0.465 e. The molecule has 0 saturated carbocycles. The summed E-state index contributed by atoms with van der Waals surface area (Å²) < 4.78 is 10.7. The van der Waals surface area contributed by atoms with E-state index in [1.54, 1.807) is 0 Å². The molecule has 0 bridgehead atoms. The van der Waals surface area contributed by atoms with Crippen molar-refractivity contribution in [3.05, 3.63) is 0 Å². The highest BCUT2D eigenvalue weighted by atomic mass is 16.5. The Hall–Kier alpha value is -1.06. The number of unbranched alkanes of at least 4 members (excludes halogenated alkanes) is 6. The van der Waals surface area contributed by atoms with Crippen molar-refractivity contribution < 1.29 is 19.1 Å². The van der Waals surface area contributed by atoms with Crippen LogP contribution in [0.15, 0.2) is 0 Å². The second-order valence-electron chi connectivity index (χ2n) is 6.99. The zero-order chi connectivity index (χ0) is 18.2. The number of rotatable bonds is 15. The maximum absolute atomic E-state index is 11.7. The van der Waals surface area contributed by atoms with E-state index in [0.717, 1.165) is 51.4 Å². The minimum atomic E-state index is -0.136. The van der Waals surface area contributed by atoms with Crippen molar-refractivity contribution in [3.8, 4) is 0 Å². The van der Waals surface area contributed by atoms with Gasteiger partial charge in [-0.05, 0) is 18.8 Å². The highest BCUT2D eigenvalue weighted by Crippen LogP contribution is 2.14. The Morgan fingerprint density at radius 2 is 1.12 bits per heavy atom. The van der Waals surface area contributed by atoms with Gasteiger partial charge in [0, 0.05) is 18.8 Å².